The lowest BCUT2D eigenvalue weighted by atomic mass is 10.2. The van der Waals surface area contributed by atoms with E-state index in [-0.39, 0.29) is 5.91 Å². The maximum Gasteiger partial charge on any atom is 0.230 e. The number of hydrogen-bond donors (Lipinski definition) is 1. The Hall–Kier alpha value is -1.89. The molecule has 2 aromatic rings. The van der Waals surface area contributed by atoms with Crippen LogP contribution in [0, 0.1) is 33.6 Å². The molecule has 1 N–H and O–H groups in total. The van der Waals surface area contributed by atoms with E-state index in [1.165, 1.54) is 11.8 Å². The Morgan fingerprint density at radius 1 is 1.17 bits per heavy atom. The minimum absolute atomic E-state index is 0.00276. The molecule has 0 saturated carbocycles. The van der Waals surface area contributed by atoms with Gasteiger partial charge in [-0.15, -0.1) is 0 Å². The lowest BCUT2D eigenvalue weighted by molar-refractivity contribution is -0.118. The van der Waals surface area contributed by atoms with Crippen LogP contribution in [0.1, 0.15) is 29.7 Å². The van der Waals surface area contributed by atoms with Gasteiger partial charge in [0.25, 0.3) is 0 Å². The van der Waals surface area contributed by atoms with Gasteiger partial charge in [-0.2, -0.15) is 5.10 Å². The minimum Gasteiger partial charge on any atom is -0.355 e. The van der Waals surface area contributed by atoms with E-state index in [4.69, 9.17) is 0 Å². The second kappa shape index (κ2) is 8.28. The first-order chi connectivity index (χ1) is 11.3. The number of thioether (sulfide) groups is 1. The first-order valence-corrected chi connectivity index (χ1v) is 9.05. The van der Waals surface area contributed by atoms with Crippen molar-refractivity contribution in [3.63, 3.8) is 0 Å². The van der Waals surface area contributed by atoms with Crippen molar-refractivity contribution >= 4 is 17.7 Å². The van der Waals surface area contributed by atoms with Crippen LogP contribution in [0.25, 0.3) is 0 Å². The zero-order valence-corrected chi connectivity index (χ0v) is 15.8. The van der Waals surface area contributed by atoms with Crippen LogP contribution in [-0.2, 0) is 11.3 Å². The summed E-state index contributed by atoms with van der Waals surface area (Å²) < 4.78 is 1.99. The number of carbonyl (C=O) groups is 1. The third-order valence-corrected chi connectivity index (χ3v) is 4.38. The van der Waals surface area contributed by atoms with E-state index < -0.39 is 0 Å². The number of hydrogen-bond acceptors (Lipinski definition) is 5. The van der Waals surface area contributed by atoms with E-state index in [9.17, 15) is 4.79 Å². The number of amides is 1. The number of nitrogens with one attached hydrogen (secondary N) is 1. The molecule has 6 nitrogen and oxygen atoms in total. The number of aromatic nitrogens is 4. The fourth-order valence-electron chi connectivity index (χ4n) is 2.45. The zero-order valence-electron chi connectivity index (χ0n) is 15.0. The molecular weight excluding hydrogens is 322 g/mol. The molecule has 2 heterocycles. The normalized spacial score (nSPS) is 12.2. The van der Waals surface area contributed by atoms with Crippen molar-refractivity contribution in [3.05, 3.63) is 34.9 Å². The predicted octanol–water partition coefficient (Wildman–Crippen LogP) is 2.45. The molecule has 0 radical (unpaired) electrons. The number of aryl methyl sites for hydroxylation is 4. The van der Waals surface area contributed by atoms with Crippen molar-refractivity contribution in [2.45, 2.75) is 46.3 Å². The molecule has 24 heavy (non-hydrogen) atoms. The van der Waals surface area contributed by atoms with Gasteiger partial charge in [0.1, 0.15) is 0 Å². The Morgan fingerprint density at radius 3 is 2.42 bits per heavy atom. The minimum atomic E-state index is 0.00276. The molecule has 0 aliphatic rings. The third-order valence-electron chi connectivity index (χ3n) is 3.53. The van der Waals surface area contributed by atoms with Gasteiger partial charge in [-0.05, 0) is 45.7 Å². The number of nitrogens with zero attached hydrogens (tertiary/aromatic N) is 4. The van der Waals surface area contributed by atoms with E-state index in [1.807, 2.05) is 38.4 Å². The molecule has 1 amide bonds. The van der Waals surface area contributed by atoms with Crippen LogP contribution in [0.3, 0.4) is 0 Å². The van der Waals surface area contributed by atoms with Crippen LogP contribution in [0.2, 0.25) is 0 Å². The predicted molar refractivity (Wildman–Crippen MR) is 96.1 cm³/mol. The maximum atomic E-state index is 12.0. The molecule has 2 rings (SSSR count). The Morgan fingerprint density at radius 2 is 1.83 bits per heavy atom. The van der Waals surface area contributed by atoms with E-state index in [0.29, 0.717) is 23.4 Å². The van der Waals surface area contributed by atoms with Gasteiger partial charge < -0.3 is 5.32 Å². The molecule has 0 unspecified atom stereocenters. The van der Waals surface area contributed by atoms with Crippen LogP contribution in [0.5, 0.6) is 0 Å². The lowest BCUT2D eigenvalue weighted by Gasteiger charge is -2.14. The van der Waals surface area contributed by atoms with Gasteiger partial charge in [0.15, 0.2) is 5.16 Å². The molecule has 0 aromatic carbocycles. The Labute approximate surface area is 147 Å². The fourth-order valence-corrected chi connectivity index (χ4v) is 3.23. The quantitative estimate of drug-likeness (QED) is 0.615. The largest absolute Gasteiger partial charge is 0.355 e. The van der Waals surface area contributed by atoms with Crippen LogP contribution in [0.15, 0.2) is 17.3 Å². The van der Waals surface area contributed by atoms with Gasteiger partial charge >= 0.3 is 0 Å². The maximum absolute atomic E-state index is 12.0. The first-order valence-electron chi connectivity index (χ1n) is 8.06. The van der Waals surface area contributed by atoms with Crippen molar-refractivity contribution in [2.75, 3.05) is 12.3 Å². The third kappa shape index (κ3) is 5.63. The smallest absolute Gasteiger partial charge is 0.230 e. The zero-order chi connectivity index (χ0) is 17.7. The molecule has 0 spiro atoms. The summed E-state index contributed by atoms with van der Waals surface area (Å²) in [5.74, 6) is 0.646. The molecule has 1 atom stereocenters. The number of carbonyl (C=O) groups excluding carboxylic acids is 1. The molecule has 0 aliphatic heterocycles. The highest BCUT2D eigenvalue weighted by molar-refractivity contribution is 7.99. The van der Waals surface area contributed by atoms with Gasteiger partial charge in [-0.3, -0.25) is 9.48 Å². The molecule has 0 bridgehead atoms. The molecule has 0 aliphatic carbocycles. The molecule has 7 heteroatoms. The standard InChI is InChI=1S/C17H25N5OS/c1-11(9-22-15(5)7-14(4)21-22)8-18-16(23)10-24-17-19-12(2)6-13(3)20-17/h6-7,11H,8-10H2,1-5H3,(H,18,23)/t11-/m1/s1. The highest BCUT2D eigenvalue weighted by atomic mass is 32.2. The average Bonchev–Trinajstić information content (AvgIpc) is 2.79. The highest BCUT2D eigenvalue weighted by Gasteiger charge is 2.10. The van der Waals surface area contributed by atoms with Gasteiger partial charge in [0, 0.05) is 30.2 Å². The molecule has 2 aromatic heterocycles. The fraction of sp³-hybridized carbons (Fsp3) is 0.529. The lowest BCUT2D eigenvalue weighted by Crippen LogP contribution is -2.31. The van der Waals surface area contributed by atoms with Crippen LogP contribution < -0.4 is 5.32 Å². The van der Waals surface area contributed by atoms with Crippen molar-refractivity contribution in [3.8, 4) is 0 Å². The summed E-state index contributed by atoms with van der Waals surface area (Å²) in [7, 11) is 0. The van der Waals surface area contributed by atoms with Gasteiger partial charge in [0.2, 0.25) is 5.91 Å². The van der Waals surface area contributed by atoms with E-state index in [2.05, 4.69) is 33.4 Å². The second-order valence-electron chi connectivity index (χ2n) is 6.24. The van der Waals surface area contributed by atoms with Crippen molar-refractivity contribution in [1.29, 1.82) is 0 Å². The number of rotatable bonds is 7. The molecular formula is C17H25N5OS. The Balaban J connectivity index is 1.75. The summed E-state index contributed by atoms with van der Waals surface area (Å²) in [6.45, 7) is 11.4. The van der Waals surface area contributed by atoms with E-state index in [1.54, 1.807) is 0 Å². The molecule has 130 valence electrons. The summed E-state index contributed by atoms with van der Waals surface area (Å²) in [5.41, 5.74) is 4.01. The van der Waals surface area contributed by atoms with Crippen molar-refractivity contribution < 1.29 is 4.79 Å². The van der Waals surface area contributed by atoms with Crippen LogP contribution in [0.4, 0.5) is 0 Å². The first kappa shape index (κ1) is 18.4. The monoisotopic (exact) mass is 347 g/mol. The molecule has 0 saturated heterocycles. The van der Waals surface area contributed by atoms with E-state index >= 15 is 0 Å². The highest BCUT2D eigenvalue weighted by Crippen LogP contribution is 2.13. The summed E-state index contributed by atoms with van der Waals surface area (Å²) in [6, 6.07) is 3.98. The summed E-state index contributed by atoms with van der Waals surface area (Å²) in [6.07, 6.45) is 0. The summed E-state index contributed by atoms with van der Waals surface area (Å²) >= 11 is 1.37. The van der Waals surface area contributed by atoms with Crippen LogP contribution >= 0.6 is 11.8 Å². The van der Waals surface area contributed by atoms with Gasteiger partial charge in [-0.25, -0.2) is 9.97 Å². The van der Waals surface area contributed by atoms with Crippen LogP contribution in [-0.4, -0.2) is 38.0 Å². The average molecular weight is 347 g/mol. The second-order valence-corrected chi connectivity index (χ2v) is 7.18. The SMILES string of the molecule is Cc1cc(C)nc(SCC(=O)NC[C@@H](C)Cn2nc(C)cc2C)n1. The summed E-state index contributed by atoms with van der Waals surface area (Å²) in [5, 5.41) is 8.08. The summed E-state index contributed by atoms with van der Waals surface area (Å²) in [4.78, 5) is 20.7. The topological polar surface area (TPSA) is 72.7 Å². The Bertz CT molecular complexity index is 693. The van der Waals surface area contributed by atoms with E-state index in [0.717, 1.165) is 29.3 Å². The van der Waals surface area contributed by atoms with Gasteiger partial charge in [-0.1, -0.05) is 18.7 Å². The molecule has 0 fully saturated rings. The Kier molecular flexibility index (Phi) is 6.36. The van der Waals surface area contributed by atoms with Crippen molar-refractivity contribution in [2.24, 2.45) is 5.92 Å². The van der Waals surface area contributed by atoms with Gasteiger partial charge in [0.05, 0.1) is 11.4 Å². The van der Waals surface area contributed by atoms with Crippen molar-refractivity contribution in [1.82, 2.24) is 25.1 Å².